The fourth-order valence-electron chi connectivity index (χ4n) is 3.03. The van der Waals surface area contributed by atoms with E-state index in [1.165, 1.54) is 22.8 Å². The Hall–Kier alpha value is -3.07. The molecule has 0 aliphatic heterocycles. The van der Waals surface area contributed by atoms with Crippen LogP contribution in [-0.4, -0.2) is 19.2 Å². The SMILES string of the molecule is C=CC(=C)OCCc1ccc(C(C)(C)c2ccc(CCOC(=O)C=C)cc2)cc1. The van der Waals surface area contributed by atoms with E-state index < -0.39 is 0 Å². The fourth-order valence-corrected chi connectivity index (χ4v) is 3.03. The van der Waals surface area contributed by atoms with Gasteiger partial charge in [-0.3, -0.25) is 0 Å². The van der Waals surface area contributed by atoms with Gasteiger partial charge in [-0.1, -0.05) is 82.1 Å². The van der Waals surface area contributed by atoms with E-state index in [4.69, 9.17) is 9.47 Å². The van der Waals surface area contributed by atoms with Gasteiger partial charge < -0.3 is 9.47 Å². The Morgan fingerprint density at radius 1 is 0.828 bits per heavy atom. The average molecular weight is 391 g/mol. The van der Waals surface area contributed by atoms with Crippen LogP contribution in [0.25, 0.3) is 0 Å². The molecule has 29 heavy (non-hydrogen) atoms. The number of allylic oxidation sites excluding steroid dienone is 1. The Bertz CT molecular complexity index is 771. The molecule has 0 saturated carbocycles. The van der Waals surface area contributed by atoms with Crippen molar-refractivity contribution in [2.24, 2.45) is 0 Å². The predicted molar refractivity (Wildman–Crippen MR) is 119 cm³/mol. The van der Waals surface area contributed by atoms with Crippen LogP contribution in [0.2, 0.25) is 0 Å². The molecular formula is C26H30O3. The van der Waals surface area contributed by atoms with E-state index in [9.17, 15) is 4.79 Å². The second kappa shape index (κ2) is 10.5. The lowest BCUT2D eigenvalue weighted by atomic mass is 9.77. The van der Waals surface area contributed by atoms with E-state index in [1.807, 2.05) is 0 Å². The maximum absolute atomic E-state index is 11.1. The molecule has 0 bridgehead atoms. The first-order chi connectivity index (χ1) is 13.9. The van der Waals surface area contributed by atoms with Crippen LogP contribution < -0.4 is 0 Å². The number of benzene rings is 2. The summed E-state index contributed by atoms with van der Waals surface area (Å²) in [5.74, 6) is 0.216. The highest BCUT2D eigenvalue weighted by atomic mass is 16.5. The molecular weight excluding hydrogens is 360 g/mol. The summed E-state index contributed by atoms with van der Waals surface area (Å²) in [6.45, 7) is 16.2. The zero-order chi connectivity index (χ0) is 21.3. The summed E-state index contributed by atoms with van der Waals surface area (Å²) < 4.78 is 10.5. The van der Waals surface area contributed by atoms with Gasteiger partial charge in [0.15, 0.2) is 0 Å². The minimum absolute atomic E-state index is 0.111. The molecule has 0 radical (unpaired) electrons. The molecule has 0 fully saturated rings. The minimum atomic E-state index is -0.386. The second-order valence-corrected chi connectivity index (χ2v) is 7.41. The zero-order valence-electron chi connectivity index (χ0n) is 17.4. The van der Waals surface area contributed by atoms with Gasteiger partial charge in [-0.05, 0) is 28.3 Å². The highest BCUT2D eigenvalue weighted by Crippen LogP contribution is 2.31. The van der Waals surface area contributed by atoms with Crippen molar-refractivity contribution in [3.05, 3.63) is 108 Å². The van der Waals surface area contributed by atoms with Crippen LogP contribution in [0.15, 0.2) is 86.2 Å². The summed E-state index contributed by atoms with van der Waals surface area (Å²) in [4.78, 5) is 11.1. The van der Waals surface area contributed by atoms with E-state index in [-0.39, 0.29) is 11.4 Å². The van der Waals surface area contributed by atoms with E-state index in [0.717, 1.165) is 12.0 Å². The van der Waals surface area contributed by atoms with Gasteiger partial charge in [0.2, 0.25) is 0 Å². The second-order valence-electron chi connectivity index (χ2n) is 7.41. The predicted octanol–water partition coefficient (Wildman–Crippen LogP) is 5.54. The van der Waals surface area contributed by atoms with Gasteiger partial charge in [0, 0.05) is 24.3 Å². The molecule has 0 unspecified atom stereocenters. The van der Waals surface area contributed by atoms with Crippen LogP contribution in [0.4, 0.5) is 0 Å². The van der Waals surface area contributed by atoms with Gasteiger partial charge in [0.25, 0.3) is 0 Å². The standard InChI is InChI=1S/C26H30O3/c1-6-20(3)28-18-16-21-8-12-23(13-9-21)26(4,5)24-14-10-22(11-15-24)17-19-29-25(27)7-2/h6-15H,1-3,16-19H2,4-5H3. The van der Waals surface area contributed by atoms with Crippen LogP contribution in [0.1, 0.15) is 36.1 Å². The van der Waals surface area contributed by atoms with Crippen molar-refractivity contribution in [2.75, 3.05) is 13.2 Å². The molecule has 152 valence electrons. The Labute approximate surface area is 174 Å². The Morgan fingerprint density at radius 3 is 1.69 bits per heavy atom. The third-order valence-corrected chi connectivity index (χ3v) is 5.06. The summed E-state index contributed by atoms with van der Waals surface area (Å²) in [6.07, 6.45) is 4.32. The van der Waals surface area contributed by atoms with Crippen LogP contribution in [-0.2, 0) is 32.5 Å². The highest BCUT2D eigenvalue weighted by molar-refractivity contribution is 5.81. The van der Waals surface area contributed by atoms with Crippen molar-refractivity contribution in [1.29, 1.82) is 0 Å². The lowest BCUT2D eigenvalue weighted by Gasteiger charge is -2.26. The maximum Gasteiger partial charge on any atom is 0.330 e. The molecule has 0 atom stereocenters. The fraction of sp³-hybridized carbons (Fsp3) is 0.269. The van der Waals surface area contributed by atoms with Crippen LogP contribution >= 0.6 is 0 Å². The minimum Gasteiger partial charge on any atom is -0.494 e. The summed E-state index contributed by atoms with van der Waals surface area (Å²) in [5.41, 5.74) is 4.75. The van der Waals surface area contributed by atoms with Crippen molar-refractivity contribution in [2.45, 2.75) is 32.1 Å². The third kappa shape index (κ3) is 6.49. The van der Waals surface area contributed by atoms with Gasteiger partial charge in [-0.15, -0.1) is 0 Å². The van der Waals surface area contributed by atoms with E-state index >= 15 is 0 Å². The lowest BCUT2D eigenvalue weighted by molar-refractivity contribution is -0.137. The molecule has 2 aromatic carbocycles. The van der Waals surface area contributed by atoms with Gasteiger partial charge in [-0.2, -0.15) is 0 Å². The van der Waals surface area contributed by atoms with Crippen molar-refractivity contribution in [3.63, 3.8) is 0 Å². The van der Waals surface area contributed by atoms with Crippen LogP contribution in [0.3, 0.4) is 0 Å². The number of hydrogen-bond acceptors (Lipinski definition) is 3. The number of ether oxygens (including phenoxy) is 2. The molecule has 0 aliphatic carbocycles. The Balaban J connectivity index is 1.98. The maximum atomic E-state index is 11.1. The summed E-state index contributed by atoms with van der Waals surface area (Å²) in [7, 11) is 0. The molecule has 0 N–H and O–H groups in total. The lowest BCUT2D eigenvalue weighted by Crippen LogP contribution is -2.19. The topological polar surface area (TPSA) is 35.5 Å². The van der Waals surface area contributed by atoms with Crippen molar-refractivity contribution in [3.8, 4) is 0 Å². The van der Waals surface area contributed by atoms with Crippen molar-refractivity contribution in [1.82, 2.24) is 0 Å². The largest absolute Gasteiger partial charge is 0.494 e. The first-order valence-electron chi connectivity index (χ1n) is 9.79. The first-order valence-corrected chi connectivity index (χ1v) is 9.79. The van der Waals surface area contributed by atoms with E-state index in [2.05, 4.69) is 82.1 Å². The van der Waals surface area contributed by atoms with Gasteiger partial charge in [-0.25, -0.2) is 4.79 Å². The molecule has 0 aliphatic rings. The van der Waals surface area contributed by atoms with Crippen LogP contribution in [0.5, 0.6) is 0 Å². The summed E-state index contributed by atoms with van der Waals surface area (Å²) in [6, 6.07) is 17.1. The third-order valence-electron chi connectivity index (χ3n) is 5.06. The smallest absolute Gasteiger partial charge is 0.330 e. The van der Waals surface area contributed by atoms with Gasteiger partial charge >= 0.3 is 5.97 Å². The highest BCUT2D eigenvalue weighted by Gasteiger charge is 2.22. The van der Waals surface area contributed by atoms with Crippen LogP contribution in [0, 0.1) is 0 Å². The molecule has 3 nitrogen and oxygen atoms in total. The summed E-state index contributed by atoms with van der Waals surface area (Å²) >= 11 is 0. The number of carbonyl (C=O) groups excluding carboxylic acids is 1. The molecule has 2 rings (SSSR count). The van der Waals surface area contributed by atoms with E-state index in [0.29, 0.717) is 25.4 Å². The number of rotatable bonds is 11. The molecule has 0 heterocycles. The molecule has 0 amide bonds. The van der Waals surface area contributed by atoms with Gasteiger partial charge in [0.1, 0.15) is 5.76 Å². The average Bonchev–Trinajstić information content (AvgIpc) is 2.74. The van der Waals surface area contributed by atoms with Gasteiger partial charge in [0.05, 0.1) is 13.2 Å². The molecule has 0 saturated heterocycles. The molecule has 0 aromatic heterocycles. The van der Waals surface area contributed by atoms with Crippen molar-refractivity contribution < 1.29 is 14.3 Å². The summed E-state index contributed by atoms with van der Waals surface area (Å²) in [5, 5.41) is 0. The van der Waals surface area contributed by atoms with E-state index in [1.54, 1.807) is 6.08 Å². The molecule has 0 spiro atoms. The monoisotopic (exact) mass is 390 g/mol. The van der Waals surface area contributed by atoms with Crippen molar-refractivity contribution >= 4 is 5.97 Å². The first kappa shape index (κ1) is 22.2. The zero-order valence-corrected chi connectivity index (χ0v) is 17.4. The quantitative estimate of drug-likeness (QED) is 0.219. The number of esters is 1. The molecule has 2 aromatic rings. The number of hydrogen-bond donors (Lipinski definition) is 0. The Morgan fingerprint density at radius 2 is 1.28 bits per heavy atom. The Kier molecular flexibility index (Phi) is 8.02. The normalized spacial score (nSPS) is 10.8. The number of carbonyl (C=O) groups is 1. The molecule has 3 heteroatoms.